The number of nitrogens with zero attached hydrogens (tertiary/aromatic N) is 4. The third-order valence-corrected chi connectivity index (χ3v) is 6.94. The van der Waals surface area contributed by atoms with Gasteiger partial charge in [-0.15, -0.1) is 0 Å². The molecule has 3 unspecified atom stereocenters. The van der Waals surface area contributed by atoms with Gasteiger partial charge in [-0.25, -0.2) is 14.8 Å². The van der Waals surface area contributed by atoms with Gasteiger partial charge in [-0.2, -0.15) is 5.26 Å². The van der Waals surface area contributed by atoms with Gasteiger partial charge in [0.05, 0.1) is 17.7 Å². The van der Waals surface area contributed by atoms with Gasteiger partial charge in [-0.05, 0) is 68.5 Å². The molecular weight excluding hydrogens is 416 g/mol. The molecule has 2 fully saturated rings. The normalized spacial score (nSPS) is 23.2. The molecule has 0 aromatic heterocycles. The van der Waals surface area contributed by atoms with E-state index < -0.39 is 6.09 Å². The summed E-state index contributed by atoms with van der Waals surface area (Å²) in [5, 5.41) is 22.4. The van der Waals surface area contributed by atoms with Crippen LogP contribution in [0.25, 0.3) is 0 Å². The highest BCUT2D eigenvalue weighted by molar-refractivity contribution is 5.64. The lowest BCUT2D eigenvalue weighted by atomic mass is 9.91. The summed E-state index contributed by atoms with van der Waals surface area (Å²) < 4.78 is 5.83. The highest BCUT2D eigenvalue weighted by atomic mass is 16.5. The highest BCUT2D eigenvalue weighted by Gasteiger charge is 2.46. The molecule has 2 aromatic carbocycles. The average molecular weight is 449 g/mol. The molecule has 3 atom stereocenters. The van der Waals surface area contributed by atoms with Crippen LogP contribution in [0.4, 0.5) is 4.79 Å². The average Bonchev–Trinajstić information content (AvgIpc) is 3.09. The number of rotatable bonds is 8. The summed E-state index contributed by atoms with van der Waals surface area (Å²) in [6.45, 7) is 4.53. The van der Waals surface area contributed by atoms with Crippen LogP contribution < -0.4 is 4.74 Å². The molecule has 4 rings (SSSR count). The van der Waals surface area contributed by atoms with Crippen LogP contribution in [0.15, 0.2) is 54.6 Å². The van der Waals surface area contributed by atoms with Gasteiger partial charge >= 0.3 is 6.09 Å². The second kappa shape index (κ2) is 10.2. The van der Waals surface area contributed by atoms with Gasteiger partial charge in [0.15, 0.2) is 0 Å². The molecule has 2 aromatic rings. The Morgan fingerprint density at radius 1 is 1.15 bits per heavy atom. The molecule has 7 nitrogen and oxygen atoms in total. The predicted molar refractivity (Wildman–Crippen MR) is 125 cm³/mol. The van der Waals surface area contributed by atoms with Crippen molar-refractivity contribution in [2.45, 2.75) is 38.4 Å². The monoisotopic (exact) mass is 448 g/mol. The summed E-state index contributed by atoms with van der Waals surface area (Å²) in [5.74, 6) is 1.53. The van der Waals surface area contributed by atoms with E-state index in [2.05, 4.69) is 42.3 Å². The molecule has 1 N–H and O–H groups in total. The van der Waals surface area contributed by atoms with Crippen LogP contribution in [0.2, 0.25) is 0 Å². The summed E-state index contributed by atoms with van der Waals surface area (Å²) in [4.78, 5) is 14.7. The summed E-state index contributed by atoms with van der Waals surface area (Å²) >= 11 is 0. The molecule has 1 saturated carbocycles. The van der Waals surface area contributed by atoms with E-state index in [4.69, 9.17) is 10.00 Å². The first kappa shape index (κ1) is 23.1. The van der Waals surface area contributed by atoms with Crippen LogP contribution in [0, 0.1) is 23.2 Å². The number of fused-ring (bicyclic) bond motifs is 2. The minimum atomic E-state index is -0.943. The Labute approximate surface area is 195 Å². The SMILES string of the molecule is CC(COc1ccc(C#N)cc1)N(C(=O)O)N1CC2CCC(C1)C2N(C)Cc1ccccc1. The molecule has 1 saturated heterocycles. The first-order chi connectivity index (χ1) is 16.0. The number of benzene rings is 2. The van der Waals surface area contributed by atoms with E-state index in [0.717, 1.165) is 32.5 Å². The lowest BCUT2D eigenvalue weighted by Crippen LogP contribution is -2.60. The molecule has 1 heterocycles. The molecule has 0 radical (unpaired) electrons. The molecule has 0 spiro atoms. The molecular formula is C26H32N4O3. The third-order valence-electron chi connectivity index (χ3n) is 6.94. The van der Waals surface area contributed by atoms with Crippen molar-refractivity contribution in [3.05, 3.63) is 65.7 Å². The maximum absolute atomic E-state index is 12.2. The first-order valence-corrected chi connectivity index (χ1v) is 11.6. The Balaban J connectivity index is 1.38. The molecule has 33 heavy (non-hydrogen) atoms. The summed E-state index contributed by atoms with van der Waals surface area (Å²) in [7, 11) is 2.20. The highest BCUT2D eigenvalue weighted by Crippen LogP contribution is 2.40. The Kier molecular flexibility index (Phi) is 7.17. The standard InChI is InChI=1S/C26H32N4O3/c1-19(18-33-24-12-8-20(14-27)9-13-24)30(26(31)32)29-16-22-10-11-23(17-29)25(22)28(2)15-21-6-4-3-5-7-21/h3-9,12-13,19,22-23,25H,10-11,15-18H2,1-2H3,(H,31,32). The van der Waals surface area contributed by atoms with Crippen LogP contribution in [0.1, 0.15) is 30.9 Å². The lowest BCUT2D eigenvalue weighted by Gasteiger charge is -2.46. The number of ether oxygens (including phenoxy) is 1. The van der Waals surface area contributed by atoms with Crippen molar-refractivity contribution in [1.29, 1.82) is 5.26 Å². The van der Waals surface area contributed by atoms with Crippen molar-refractivity contribution in [2.75, 3.05) is 26.7 Å². The largest absolute Gasteiger partial charge is 0.491 e. The fraction of sp³-hybridized carbons (Fsp3) is 0.462. The molecule has 174 valence electrons. The van der Waals surface area contributed by atoms with Gasteiger partial charge in [0, 0.05) is 25.7 Å². The van der Waals surface area contributed by atoms with Crippen molar-refractivity contribution in [2.24, 2.45) is 11.8 Å². The van der Waals surface area contributed by atoms with Crippen LogP contribution >= 0.6 is 0 Å². The maximum Gasteiger partial charge on any atom is 0.422 e. The minimum Gasteiger partial charge on any atom is -0.491 e. The fourth-order valence-electron chi connectivity index (χ4n) is 5.54. The molecule has 2 bridgehead atoms. The topological polar surface area (TPSA) is 80.0 Å². The summed E-state index contributed by atoms with van der Waals surface area (Å²) in [6.07, 6.45) is 1.32. The number of hydrogen-bond acceptors (Lipinski definition) is 5. The first-order valence-electron chi connectivity index (χ1n) is 11.6. The van der Waals surface area contributed by atoms with Gasteiger partial charge in [0.25, 0.3) is 0 Å². The number of carboxylic acid groups (broad SMARTS) is 1. The minimum absolute atomic E-state index is 0.251. The van der Waals surface area contributed by atoms with Crippen molar-refractivity contribution in [1.82, 2.24) is 14.9 Å². The van der Waals surface area contributed by atoms with E-state index in [1.807, 2.05) is 18.0 Å². The van der Waals surface area contributed by atoms with E-state index in [-0.39, 0.29) is 12.6 Å². The van der Waals surface area contributed by atoms with Gasteiger partial charge in [-0.3, -0.25) is 4.90 Å². The molecule has 1 amide bonds. The molecule has 2 aliphatic rings. The third kappa shape index (κ3) is 5.29. The summed E-state index contributed by atoms with van der Waals surface area (Å²) in [5.41, 5.74) is 1.88. The van der Waals surface area contributed by atoms with Crippen molar-refractivity contribution in [3.8, 4) is 11.8 Å². The van der Waals surface area contributed by atoms with Crippen LogP contribution in [-0.4, -0.2) is 64.9 Å². The number of hydrogen-bond donors (Lipinski definition) is 1. The fourth-order valence-corrected chi connectivity index (χ4v) is 5.54. The predicted octanol–water partition coefficient (Wildman–Crippen LogP) is 4.06. The van der Waals surface area contributed by atoms with Crippen molar-refractivity contribution in [3.63, 3.8) is 0 Å². The van der Waals surface area contributed by atoms with E-state index in [9.17, 15) is 9.90 Å². The van der Waals surface area contributed by atoms with E-state index in [0.29, 0.717) is 29.2 Å². The van der Waals surface area contributed by atoms with Crippen LogP contribution in [0.5, 0.6) is 5.75 Å². The van der Waals surface area contributed by atoms with Gasteiger partial charge < -0.3 is 9.84 Å². The van der Waals surface area contributed by atoms with Crippen LogP contribution in [-0.2, 0) is 6.54 Å². The second-order valence-corrected chi connectivity index (χ2v) is 9.28. The molecule has 1 aliphatic heterocycles. The molecule has 1 aliphatic carbocycles. The number of piperidine rings is 1. The van der Waals surface area contributed by atoms with Gasteiger partial charge in [0.1, 0.15) is 12.4 Å². The van der Waals surface area contributed by atoms with E-state index >= 15 is 0 Å². The zero-order chi connectivity index (χ0) is 23.4. The van der Waals surface area contributed by atoms with Crippen LogP contribution in [0.3, 0.4) is 0 Å². The second-order valence-electron chi connectivity index (χ2n) is 9.28. The zero-order valence-corrected chi connectivity index (χ0v) is 19.3. The van der Waals surface area contributed by atoms with Gasteiger partial charge in [0.2, 0.25) is 0 Å². The summed E-state index contributed by atoms with van der Waals surface area (Å²) in [6, 6.07) is 19.6. The van der Waals surface area contributed by atoms with Crippen molar-refractivity contribution < 1.29 is 14.6 Å². The van der Waals surface area contributed by atoms with Crippen molar-refractivity contribution >= 4 is 6.09 Å². The Bertz CT molecular complexity index is 961. The number of hydrazine groups is 1. The Morgan fingerprint density at radius 2 is 1.79 bits per heavy atom. The zero-order valence-electron chi connectivity index (χ0n) is 19.3. The Hall–Kier alpha value is -3.08. The van der Waals surface area contributed by atoms with Gasteiger partial charge in [-0.1, -0.05) is 30.3 Å². The van der Waals surface area contributed by atoms with E-state index in [1.54, 1.807) is 24.3 Å². The molecule has 7 heteroatoms. The number of nitriles is 1. The number of amides is 1. The number of carbonyl (C=O) groups is 1. The Morgan fingerprint density at radius 3 is 2.36 bits per heavy atom. The lowest BCUT2D eigenvalue weighted by molar-refractivity contribution is -0.0894. The maximum atomic E-state index is 12.2. The van der Waals surface area contributed by atoms with E-state index in [1.165, 1.54) is 10.6 Å². The quantitative estimate of drug-likeness (QED) is 0.656. The smallest absolute Gasteiger partial charge is 0.422 e.